The monoisotopic (exact) mass is 358 g/mol. The van der Waals surface area contributed by atoms with Gasteiger partial charge < -0.3 is 5.11 Å². The van der Waals surface area contributed by atoms with Gasteiger partial charge in [0.25, 0.3) is 0 Å². The number of hydrogen-bond donors (Lipinski definition) is 1. The molecule has 7 atom stereocenters. The predicted molar refractivity (Wildman–Crippen MR) is 110 cm³/mol. The largest absolute Gasteiger partial charge is 0.393 e. The highest BCUT2D eigenvalue weighted by molar-refractivity contribution is 5.24. The summed E-state index contributed by atoms with van der Waals surface area (Å²) in [6.07, 6.45) is 20.1. The first kappa shape index (κ1) is 19.0. The van der Waals surface area contributed by atoms with Gasteiger partial charge in [-0.05, 0) is 105 Å². The molecule has 4 aliphatic rings. The Bertz CT molecular complexity index is 536. The van der Waals surface area contributed by atoms with E-state index in [-0.39, 0.29) is 6.10 Å². The maximum absolute atomic E-state index is 10.2. The summed E-state index contributed by atoms with van der Waals surface area (Å²) in [5.74, 6) is 3.64. The van der Waals surface area contributed by atoms with Crippen LogP contribution in [0.4, 0.5) is 0 Å². The Morgan fingerprint density at radius 1 is 1.00 bits per heavy atom. The summed E-state index contributed by atoms with van der Waals surface area (Å²) < 4.78 is 0. The van der Waals surface area contributed by atoms with Crippen molar-refractivity contribution in [3.05, 3.63) is 11.6 Å². The van der Waals surface area contributed by atoms with Crippen LogP contribution in [-0.2, 0) is 0 Å². The Kier molecular flexibility index (Phi) is 5.32. The van der Waals surface area contributed by atoms with E-state index in [0.717, 1.165) is 36.5 Å². The molecule has 4 aliphatic carbocycles. The highest BCUT2D eigenvalue weighted by Gasteiger charge is 2.58. The maximum Gasteiger partial charge on any atom is 0.0543 e. The number of allylic oxidation sites excluding steroid dienone is 2. The normalized spacial score (nSPS) is 49.5. The molecule has 1 heteroatoms. The number of hydrogen-bond acceptors (Lipinski definition) is 1. The molecule has 0 aliphatic heterocycles. The molecule has 0 bridgehead atoms. The molecular formula is C25H42O. The smallest absolute Gasteiger partial charge is 0.0543 e. The van der Waals surface area contributed by atoms with Gasteiger partial charge in [0.15, 0.2) is 0 Å². The lowest BCUT2D eigenvalue weighted by atomic mass is 9.45. The molecule has 4 rings (SSSR count). The highest BCUT2D eigenvalue weighted by atomic mass is 16.3. The SMILES string of the molecule is CCCCCC=C1CC[C@H]2[C@@H]3CCC4CC(O)CC[C@]4(C)[C@@H]3CC[C@]12C. The molecule has 26 heavy (non-hydrogen) atoms. The van der Waals surface area contributed by atoms with Crippen molar-refractivity contribution in [1.82, 2.24) is 0 Å². The van der Waals surface area contributed by atoms with Gasteiger partial charge >= 0.3 is 0 Å². The van der Waals surface area contributed by atoms with Crippen LogP contribution in [0.25, 0.3) is 0 Å². The first-order chi connectivity index (χ1) is 12.5. The Labute approximate surface area is 162 Å². The van der Waals surface area contributed by atoms with Crippen LogP contribution in [0, 0.1) is 34.5 Å². The molecule has 0 amide bonds. The Morgan fingerprint density at radius 3 is 2.65 bits per heavy atom. The van der Waals surface area contributed by atoms with Crippen LogP contribution < -0.4 is 0 Å². The minimum Gasteiger partial charge on any atom is -0.393 e. The van der Waals surface area contributed by atoms with Gasteiger partial charge in [-0.15, -0.1) is 0 Å². The summed E-state index contributed by atoms with van der Waals surface area (Å²) in [5.41, 5.74) is 2.88. The second-order valence-electron chi connectivity index (χ2n) is 10.8. The summed E-state index contributed by atoms with van der Waals surface area (Å²) in [7, 11) is 0. The first-order valence-corrected chi connectivity index (χ1v) is 11.9. The van der Waals surface area contributed by atoms with Crippen molar-refractivity contribution in [3.8, 4) is 0 Å². The number of unbranched alkanes of at least 4 members (excludes halogenated alkanes) is 3. The van der Waals surface area contributed by atoms with Crippen molar-refractivity contribution in [3.63, 3.8) is 0 Å². The zero-order valence-corrected chi connectivity index (χ0v) is 17.6. The topological polar surface area (TPSA) is 20.2 Å². The summed E-state index contributed by atoms with van der Waals surface area (Å²) in [6, 6.07) is 0. The average Bonchev–Trinajstić information content (AvgIpc) is 2.96. The van der Waals surface area contributed by atoms with Gasteiger partial charge in [-0.2, -0.15) is 0 Å². The Morgan fingerprint density at radius 2 is 1.85 bits per heavy atom. The quantitative estimate of drug-likeness (QED) is 0.428. The second-order valence-corrected chi connectivity index (χ2v) is 10.8. The minimum atomic E-state index is -0.0115. The van der Waals surface area contributed by atoms with E-state index in [1.807, 2.05) is 5.57 Å². The lowest BCUT2D eigenvalue weighted by Gasteiger charge is -2.60. The molecule has 0 heterocycles. The van der Waals surface area contributed by atoms with Gasteiger partial charge in [-0.25, -0.2) is 0 Å². The third-order valence-corrected chi connectivity index (χ3v) is 9.68. The van der Waals surface area contributed by atoms with E-state index in [1.54, 1.807) is 0 Å². The summed E-state index contributed by atoms with van der Waals surface area (Å²) in [6.45, 7) is 7.55. The zero-order chi connectivity index (χ0) is 18.4. The van der Waals surface area contributed by atoms with Gasteiger partial charge in [0, 0.05) is 0 Å². The zero-order valence-electron chi connectivity index (χ0n) is 17.6. The van der Waals surface area contributed by atoms with Gasteiger partial charge in [-0.3, -0.25) is 0 Å². The molecule has 0 radical (unpaired) electrons. The van der Waals surface area contributed by atoms with Gasteiger partial charge in [0.05, 0.1) is 6.10 Å². The van der Waals surface area contributed by atoms with Crippen LogP contribution in [-0.4, -0.2) is 11.2 Å². The molecule has 1 N–H and O–H groups in total. The fraction of sp³-hybridized carbons (Fsp3) is 0.920. The molecule has 1 nitrogen and oxygen atoms in total. The number of rotatable bonds is 4. The van der Waals surface area contributed by atoms with E-state index in [9.17, 15) is 5.11 Å². The standard InChI is InChI=1S/C25H42O/c1-4-5-6-7-8-18-10-12-22-21-11-9-19-17-20(26)13-15-25(19,3)23(21)14-16-24(18,22)2/h8,19-23,26H,4-7,9-17H2,1-3H3/t19?,20?,21-,22-,23+,24+,25-/m0/s1. The molecule has 2 unspecified atom stereocenters. The second kappa shape index (κ2) is 7.26. The molecule has 0 spiro atoms. The third kappa shape index (κ3) is 3.01. The van der Waals surface area contributed by atoms with Crippen molar-refractivity contribution in [2.24, 2.45) is 34.5 Å². The van der Waals surface area contributed by atoms with E-state index in [0.29, 0.717) is 10.8 Å². The van der Waals surface area contributed by atoms with Crippen LogP contribution in [0.15, 0.2) is 11.6 Å². The molecule has 0 aromatic carbocycles. The number of aliphatic hydroxyl groups is 1. The fourth-order valence-corrected chi connectivity index (χ4v) is 8.09. The van der Waals surface area contributed by atoms with Crippen molar-refractivity contribution in [2.75, 3.05) is 0 Å². The van der Waals surface area contributed by atoms with Gasteiger partial charge in [-0.1, -0.05) is 45.3 Å². The summed E-state index contributed by atoms with van der Waals surface area (Å²) in [4.78, 5) is 0. The maximum atomic E-state index is 10.2. The van der Waals surface area contributed by atoms with E-state index in [4.69, 9.17) is 0 Å². The van der Waals surface area contributed by atoms with Crippen LogP contribution in [0.1, 0.15) is 104 Å². The molecule has 0 aromatic rings. The Hall–Kier alpha value is -0.300. The highest BCUT2D eigenvalue weighted by Crippen LogP contribution is 2.67. The molecule has 4 saturated carbocycles. The van der Waals surface area contributed by atoms with Crippen molar-refractivity contribution in [2.45, 2.75) is 110 Å². The molecule has 0 aromatic heterocycles. The molecule has 148 valence electrons. The molecule has 0 saturated heterocycles. The average molecular weight is 359 g/mol. The third-order valence-electron chi connectivity index (χ3n) is 9.68. The van der Waals surface area contributed by atoms with E-state index < -0.39 is 0 Å². The van der Waals surface area contributed by atoms with Crippen LogP contribution in [0.2, 0.25) is 0 Å². The Balaban J connectivity index is 1.51. The first-order valence-electron chi connectivity index (χ1n) is 11.9. The lowest BCUT2D eigenvalue weighted by molar-refractivity contribution is -0.116. The van der Waals surface area contributed by atoms with Crippen LogP contribution in [0.5, 0.6) is 0 Å². The van der Waals surface area contributed by atoms with E-state index in [2.05, 4.69) is 26.8 Å². The van der Waals surface area contributed by atoms with Gasteiger partial charge in [0.1, 0.15) is 0 Å². The van der Waals surface area contributed by atoms with Crippen molar-refractivity contribution in [1.29, 1.82) is 0 Å². The molecular weight excluding hydrogens is 316 g/mol. The fourth-order valence-electron chi connectivity index (χ4n) is 8.09. The van der Waals surface area contributed by atoms with Crippen molar-refractivity contribution < 1.29 is 5.11 Å². The number of fused-ring (bicyclic) bond motifs is 5. The van der Waals surface area contributed by atoms with Crippen LogP contribution >= 0.6 is 0 Å². The minimum absolute atomic E-state index is 0.0115. The van der Waals surface area contributed by atoms with E-state index in [1.165, 1.54) is 70.6 Å². The number of aliphatic hydroxyl groups excluding tert-OH is 1. The van der Waals surface area contributed by atoms with Crippen molar-refractivity contribution >= 4 is 0 Å². The van der Waals surface area contributed by atoms with Gasteiger partial charge in [0.2, 0.25) is 0 Å². The summed E-state index contributed by atoms with van der Waals surface area (Å²) >= 11 is 0. The van der Waals surface area contributed by atoms with Crippen LogP contribution in [0.3, 0.4) is 0 Å². The lowest BCUT2D eigenvalue weighted by Crippen LogP contribution is -2.53. The van der Waals surface area contributed by atoms with E-state index >= 15 is 0 Å². The molecule has 4 fully saturated rings. The predicted octanol–water partition coefficient (Wildman–Crippen LogP) is 6.90. The summed E-state index contributed by atoms with van der Waals surface area (Å²) in [5, 5.41) is 10.2.